The number of esters is 4. The second kappa shape index (κ2) is 10.9. The predicted molar refractivity (Wildman–Crippen MR) is 182 cm³/mol. The van der Waals surface area contributed by atoms with E-state index in [1.807, 2.05) is 39.8 Å². The average molecular weight is 687 g/mol. The molecule has 0 amide bonds. The molecular formula is C41H50O9. The minimum atomic E-state index is -1.32. The molecule has 9 heteroatoms. The standard InChI is InChI=1S/C41H50O9/c1-22-17-31(49-34(45)27-13-11-10-12-14-27)39(9)32(48-26(5)43)20-36(6)21-40(39,50-35(36)46)41(22)23(2)18-38(8)30-16-15-28(44)24(3)37(30,7)19-29(33(38)41)47-25(4)42/h10-17,23-24,29-33H,18-21H2,1-9H3/t23-,24-,29+,30-,31-,32-,33-,36-,37+,38-,39-,40+,41-/m0/s1. The van der Waals surface area contributed by atoms with Crippen LogP contribution in [0.3, 0.4) is 0 Å². The Morgan fingerprint density at radius 2 is 1.52 bits per heavy atom. The van der Waals surface area contributed by atoms with E-state index in [1.165, 1.54) is 13.8 Å². The van der Waals surface area contributed by atoms with Gasteiger partial charge < -0.3 is 18.9 Å². The van der Waals surface area contributed by atoms with Crippen LogP contribution in [0, 0.1) is 50.7 Å². The summed E-state index contributed by atoms with van der Waals surface area (Å²) in [7, 11) is 0. The monoisotopic (exact) mass is 686 g/mol. The Kier molecular flexibility index (Phi) is 7.55. The maximum atomic E-state index is 14.3. The molecule has 1 saturated heterocycles. The van der Waals surface area contributed by atoms with Gasteiger partial charge in [0.25, 0.3) is 0 Å². The van der Waals surface area contributed by atoms with Crippen LogP contribution in [0.2, 0.25) is 0 Å². The van der Waals surface area contributed by atoms with Gasteiger partial charge in [-0.1, -0.05) is 57.5 Å². The summed E-state index contributed by atoms with van der Waals surface area (Å²) in [6.07, 6.45) is 5.07. The highest BCUT2D eigenvalue weighted by Gasteiger charge is 2.86. The number of ketones is 1. The highest BCUT2D eigenvalue weighted by atomic mass is 16.6. The van der Waals surface area contributed by atoms with Crippen molar-refractivity contribution in [2.75, 3.05) is 0 Å². The number of rotatable bonds is 4. The molecule has 1 aromatic carbocycles. The second-order valence-electron chi connectivity index (χ2n) is 17.4. The molecule has 3 saturated carbocycles. The number of fused-ring (bicyclic) bond motifs is 5. The van der Waals surface area contributed by atoms with E-state index in [2.05, 4.69) is 26.8 Å². The van der Waals surface area contributed by atoms with Gasteiger partial charge in [0, 0.05) is 43.9 Å². The van der Waals surface area contributed by atoms with Gasteiger partial charge in [-0.15, -0.1) is 0 Å². The van der Waals surface area contributed by atoms with Crippen molar-refractivity contribution in [3.8, 4) is 0 Å². The highest BCUT2D eigenvalue weighted by Crippen LogP contribution is 2.82. The Balaban J connectivity index is 1.51. The lowest BCUT2D eigenvalue weighted by Gasteiger charge is -2.69. The van der Waals surface area contributed by atoms with Crippen LogP contribution in [0.25, 0.3) is 0 Å². The first-order valence-electron chi connectivity index (χ1n) is 18.1. The molecule has 13 atom stereocenters. The van der Waals surface area contributed by atoms with Gasteiger partial charge in [-0.2, -0.15) is 0 Å². The lowest BCUT2D eigenvalue weighted by molar-refractivity contribution is -0.276. The summed E-state index contributed by atoms with van der Waals surface area (Å²) in [5.74, 6) is -2.56. The Morgan fingerprint density at radius 1 is 0.860 bits per heavy atom. The van der Waals surface area contributed by atoms with Crippen LogP contribution in [-0.4, -0.2) is 53.6 Å². The first kappa shape index (κ1) is 34.7. The molecule has 6 aliphatic rings. The van der Waals surface area contributed by atoms with E-state index in [0.29, 0.717) is 24.8 Å². The van der Waals surface area contributed by atoms with Crippen LogP contribution in [0.4, 0.5) is 0 Å². The topological polar surface area (TPSA) is 122 Å². The van der Waals surface area contributed by atoms with Gasteiger partial charge in [-0.3, -0.25) is 19.2 Å². The molecule has 50 heavy (non-hydrogen) atoms. The molecular weight excluding hydrogens is 636 g/mol. The molecule has 1 aliphatic heterocycles. The molecule has 2 spiro atoms. The lowest BCUT2D eigenvalue weighted by atomic mass is 9.37. The first-order valence-corrected chi connectivity index (χ1v) is 18.1. The maximum Gasteiger partial charge on any atom is 0.338 e. The molecule has 7 rings (SSSR count). The van der Waals surface area contributed by atoms with Crippen molar-refractivity contribution in [2.45, 2.75) is 112 Å². The molecule has 268 valence electrons. The van der Waals surface area contributed by atoms with Crippen molar-refractivity contribution in [1.82, 2.24) is 0 Å². The summed E-state index contributed by atoms with van der Waals surface area (Å²) in [5.41, 5.74) is -4.17. The summed E-state index contributed by atoms with van der Waals surface area (Å²) < 4.78 is 26.0. The summed E-state index contributed by atoms with van der Waals surface area (Å²) in [6.45, 7) is 17.2. The van der Waals surface area contributed by atoms with Crippen molar-refractivity contribution in [1.29, 1.82) is 0 Å². The normalized spacial score (nSPS) is 47.0. The van der Waals surface area contributed by atoms with Gasteiger partial charge in [0.05, 0.1) is 16.4 Å². The molecule has 1 heterocycles. The first-order chi connectivity index (χ1) is 23.3. The van der Waals surface area contributed by atoms with Crippen molar-refractivity contribution in [2.24, 2.45) is 50.7 Å². The van der Waals surface area contributed by atoms with Gasteiger partial charge in [-0.25, -0.2) is 4.79 Å². The van der Waals surface area contributed by atoms with E-state index < -0.39 is 68.9 Å². The van der Waals surface area contributed by atoms with E-state index in [1.54, 1.807) is 30.3 Å². The minimum absolute atomic E-state index is 0.0400. The molecule has 0 radical (unpaired) electrons. The third kappa shape index (κ3) is 4.15. The second-order valence-corrected chi connectivity index (χ2v) is 17.4. The highest BCUT2D eigenvalue weighted by molar-refractivity contribution is 5.93. The summed E-state index contributed by atoms with van der Waals surface area (Å²) in [5, 5.41) is 0. The molecule has 9 nitrogen and oxygen atoms in total. The average Bonchev–Trinajstić information content (AvgIpc) is 3.42. The smallest absolute Gasteiger partial charge is 0.338 e. The van der Waals surface area contributed by atoms with E-state index in [9.17, 15) is 24.0 Å². The zero-order valence-electron chi connectivity index (χ0n) is 30.7. The van der Waals surface area contributed by atoms with E-state index >= 15 is 0 Å². The summed E-state index contributed by atoms with van der Waals surface area (Å²) >= 11 is 0. The maximum absolute atomic E-state index is 14.3. The van der Waals surface area contributed by atoms with E-state index in [0.717, 1.165) is 5.57 Å². The van der Waals surface area contributed by atoms with Gasteiger partial charge >= 0.3 is 23.9 Å². The Labute approximate surface area is 294 Å². The van der Waals surface area contributed by atoms with E-state index in [4.69, 9.17) is 18.9 Å². The molecule has 5 aliphatic carbocycles. The molecule has 0 unspecified atom stereocenters. The minimum Gasteiger partial charge on any atom is -0.462 e. The molecule has 0 aromatic heterocycles. The zero-order chi connectivity index (χ0) is 36.4. The van der Waals surface area contributed by atoms with Crippen LogP contribution >= 0.6 is 0 Å². The lowest BCUT2D eigenvalue weighted by Crippen LogP contribution is -2.75. The van der Waals surface area contributed by atoms with Crippen molar-refractivity contribution in [3.05, 3.63) is 59.7 Å². The molecule has 1 aromatic rings. The fourth-order valence-corrected chi connectivity index (χ4v) is 12.9. The van der Waals surface area contributed by atoms with Crippen molar-refractivity contribution >= 4 is 29.7 Å². The summed E-state index contributed by atoms with van der Waals surface area (Å²) in [6, 6.07) is 8.74. The van der Waals surface area contributed by atoms with Gasteiger partial charge in [0.1, 0.15) is 23.9 Å². The molecule has 4 fully saturated rings. The largest absolute Gasteiger partial charge is 0.462 e. The Bertz CT molecular complexity index is 1750. The number of hydrogen-bond donors (Lipinski definition) is 0. The quantitative estimate of drug-likeness (QED) is 0.196. The Morgan fingerprint density at radius 3 is 2.16 bits per heavy atom. The molecule has 2 bridgehead atoms. The van der Waals surface area contributed by atoms with Crippen LogP contribution in [0.5, 0.6) is 0 Å². The number of allylic oxidation sites excluding steroid dienone is 2. The van der Waals surface area contributed by atoms with Crippen LogP contribution in [0.1, 0.15) is 98.4 Å². The number of carbonyl (C=O) groups excluding carboxylic acids is 5. The van der Waals surface area contributed by atoms with Crippen molar-refractivity contribution in [3.63, 3.8) is 0 Å². The van der Waals surface area contributed by atoms with E-state index in [-0.39, 0.29) is 41.8 Å². The van der Waals surface area contributed by atoms with Gasteiger partial charge in [0.15, 0.2) is 5.78 Å². The van der Waals surface area contributed by atoms with Gasteiger partial charge in [0.2, 0.25) is 0 Å². The fraction of sp³-hybridized carbons (Fsp3) is 0.634. The number of ether oxygens (including phenoxy) is 4. The van der Waals surface area contributed by atoms with Crippen LogP contribution in [-0.2, 0) is 38.1 Å². The number of benzene rings is 1. The molecule has 0 N–H and O–H groups in total. The number of hydrogen-bond acceptors (Lipinski definition) is 9. The third-order valence-corrected chi connectivity index (χ3v) is 14.8. The van der Waals surface area contributed by atoms with Crippen LogP contribution in [0.15, 0.2) is 54.1 Å². The Hall–Kier alpha value is -3.75. The number of carbonyl (C=O) groups is 5. The van der Waals surface area contributed by atoms with Gasteiger partial charge in [-0.05, 0) is 80.6 Å². The predicted octanol–water partition coefficient (Wildman–Crippen LogP) is 6.59. The summed E-state index contributed by atoms with van der Waals surface area (Å²) in [4.78, 5) is 67.3. The third-order valence-electron chi connectivity index (χ3n) is 14.8. The van der Waals surface area contributed by atoms with Crippen LogP contribution < -0.4 is 0 Å². The SMILES string of the molecule is CC(=O)O[C@H]1C[C@@]2(C)C[C@@]3(OC2=O)[C@@]1(C)[C@@H](OC(=O)c1ccccc1)C=C(C)[C@@]31[C@@H](C)C[C@@]2(C)[C@H]3C=CC(=O)[C@H](C)[C@@]3(C)C[C@@H](OC(C)=O)[C@@H]21. The fourth-order valence-electron chi connectivity index (χ4n) is 12.9. The zero-order valence-corrected chi connectivity index (χ0v) is 30.7. The van der Waals surface area contributed by atoms with Crippen molar-refractivity contribution < 1.29 is 42.9 Å².